The second-order valence-electron chi connectivity index (χ2n) is 7.67. The molecule has 0 saturated carbocycles. The number of rotatable bonds is 3. The minimum Gasteiger partial charge on any atom is -0.445 e. The third-order valence-corrected chi connectivity index (χ3v) is 5.71. The molecule has 1 amide bonds. The second kappa shape index (κ2) is 7.58. The zero-order valence-electron chi connectivity index (χ0n) is 16.1. The molecular weight excluding hydrogens is 379 g/mol. The lowest BCUT2D eigenvalue weighted by Gasteiger charge is -2.33. The predicted octanol–water partition coefficient (Wildman–Crippen LogP) is 5.97. The lowest BCUT2D eigenvalue weighted by molar-refractivity contribution is -0.137. The molecule has 2 aliphatic heterocycles. The highest BCUT2D eigenvalue weighted by molar-refractivity contribution is 5.76. The highest BCUT2D eigenvalue weighted by atomic mass is 19.4. The first kappa shape index (κ1) is 19.6. The normalized spacial score (nSPS) is 21.1. The van der Waals surface area contributed by atoms with Gasteiger partial charge in [0.25, 0.3) is 0 Å². The van der Waals surface area contributed by atoms with Crippen LogP contribution >= 0.6 is 0 Å². The van der Waals surface area contributed by atoms with Crippen LogP contribution in [0.3, 0.4) is 0 Å². The van der Waals surface area contributed by atoms with Crippen LogP contribution in [0.4, 0.5) is 18.0 Å². The van der Waals surface area contributed by atoms with Crippen molar-refractivity contribution >= 4 is 11.7 Å². The summed E-state index contributed by atoms with van der Waals surface area (Å²) in [4.78, 5) is 14.4. The smallest absolute Gasteiger partial charge is 0.416 e. The molecule has 1 saturated heterocycles. The Hall–Kier alpha value is -2.76. The van der Waals surface area contributed by atoms with E-state index in [0.29, 0.717) is 12.0 Å². The average Bonchev–Trinajstić information content (AvgIpc) is 2.96. The van der Waals surface area contributed by atoms with E-state index in [2.05, 4.69) is 0 Å². The summed E-state index contributed by atoms with van der Waals surface area (Å²) in [5, 5.41) is 0. The molecule has 0 radical (unpaired) electrons. The molecule has 0 spiro atoms. The average molecular weight is 401 g/mol. The van der Waals surface area contributed by atoms with Crippen LogP contribution in [-0.4, -0.2) is 23.1 Å². The molecule has 0 N–H and O–H groups in total. The van der Waals surface area contributed by atoms with Crippen molar-refractivity contribution in [3.8, 4) is 0 Å². The van der Waals surface area contributed by atoms with Crippen molar-refractivity contribution in [1.29, 1.82) is 0 Å². The van der Waals surface area contributed by atoms with Crippen LogP contribution in [-0.2, 0) is 17.5 Å². The molecule has 2 atom stereocenters. The van der Waals surface area contributed by atoms with E-state index in [1.807, 2.05) is 36.4 Å². The van der Waals surface area contributed by atoms with Crippen molar-refractivity contribution in [2.24, 2.45) is 0 Å². The molecular formula is C23H22F3NO2. The first-order valence-electron chi connectivity index (χ1n) is 9.71. The first-order chi connectivity index (χ1) is 13.8. The maximum Gasteiger partial charge on any atom is 0.416 e. The highest BCUT2D eigenvalue weighted by Gasteiger charge is 2.41. The quantitative estimate of drug-likeness (QED) is 0.634. The van der Waals surface area contributed by atoms with E-state index >= 15 is 0 Å². The highest BCUT2D eigenvalue weighted by Crippen LogP contribution is 2.40. The maximum absolute atomic E-state index is 12.9. The van der Waals surface area contributed by atoms with Gasteiger partial charge in [-0.25, -0.2) is 4.79 Å². The fourth-order valence-corrected chi connectivity index (χ4v) is 4.31. The van der Waals surface area contributed by atoms with Gasteiger partial charge in [-0.2, -0.15) is 13.2 Å². The van der Waals surface area contributed by atoms with E-state index in [4.69, 9.17) is 4.74 Å². The lowest BCUT2D eigenvalue weighted by Crippen LogP contribution is -2.43. The zero-order chi connectivity index (χ0) is 20.6. The maximum atomic E-state index is 12.9. The van der Waals surface area contributed by atoms with Crippen molar-refractivity contribution in [3.63, 3.8) is 0 Å². The van der Waals surface area contributed by atoms with E-state index < -0.39 is 11.7 Å². The van der Waals surface area contributed by atoms with Crippen LogP contribution in [0.1, 0.15) is 41.5 Å². The van der Waals surface area contributed by atoms with Crippen LogP contribution in [0.5, 0.6) is 0 Å². The predicted molar refractivity (Wildman–Crippen MR) is 104 cm³/mol. The lowest BCUT2D eigenvalue weighted by atomic mass is 9.91. The van der Waals surface area contributed by atoms with Crippen molar-refractivity contribution in [2.75, 3.05) is 0 Å². The van der Waals surface area contributed by atoms with Gasteiger partial charge < -0.3 is 4.74 Å². The molecule has 1 fully saturated rings. The molecule has 29 heavy (non-hydrogen) atoms. The third kappa shape index (κ3) is 4.02. The Balaban J connectivity index is 1.49. The van der Waals surface area contributed by atoms with E-state index in [9.17, 15) is 18.0 Å². The fraction of sp³-hybridized carbons (Fsp3) is 0.348. The summed E-state index contributed by atoms with van der Waals surface area (Å²) in [6.45, 7) is 1.93. The largest absolute Gasteiger partial charge is 0.445 e. The van der Waals surface area contributed by atoms with E-state index in [1.165, 1.54) is 6.07 Å². The molecule has 2 aromatic rings. The van der Waals surface area contributed by atoms with Crippen molar-refractivity contribution in [3.05, 3.63) is 76.9 Å². The Morgan fingerprint density at radius 2 is 1.90 bits per heavy atom. The molecule has 6 heteroatoms. The van der Waals surface area contributed by atoms with Gasteiger partial charge in [-0.05, 0) is 60.6 Å². The number of hydrogen-bond acceptors (Lipinski definition) is 2. The Morgan fingerprint density at radius 3 is 2.55 bits per heavy atom. The van der Waals surface area contributed by atoms with Crippen molar-refractivity contribution in [2.45, 2.75) is 51.1 Å². The van der Waals surface area contributed by atoms with Crippen molar-refractivity contribution < 1.29 is 22.7 Å². The zero-order valence-corrected chi connectivity index (χ0v) is 16.1. The standard InChI is InChI=1S/C23H22F3NO2/c1-15-11-18(23(24,25)26)7-10-21(15)17-12-19-8-9-20(13-17)27(19)22(28)29-14-16-5-3-2-4-6-16/h2-7,10-12,19-20H,8-9,13-14H2,1H3. The Kier molecular flexibility index (Phi) is 5.11. The number of nitrogens with zero attached hydrogens (tertiary/aromatic N) is 1. The summed E-state index contributed by atoms with van der Waals surface area (Å²) >= 11 is 0. The van der Waals surface area contributed by atoms with Gasteiger partial charge in [0, 0.05) is 6.04 Å². The summed E-state index contributed by atoms with van der Waals surface area (Å²) < 4.78 is 44.3. The monoisotopic (exact) mass is 401 g/mol. The van der Waals surface area contributed by atoms with Crippen LogP contribution in [0, 0.1) is 6.92 Å². The van der Waals surface area contributed by atoms with Gasteiger partial charge in [0.15, 0.2) is 0 Å². The molecule has 0 aliphatic carbocycles. The number of alkyl halides is 3. The number of carbonyl (C=O) groups is 1. The summed E-state index contributed by atoms with van der Waals surface area (Å²) in [7, 11) is 0. The van der Waals surface area contributed by atoms with Crippen LogP contribution < -0.4 is 0 Å². The van der Waals surface area contributed by atoms with Crippen LogP contribution in [0.25, 0.3) is 5.57 Å². The number of fused-ring (bicyclic) bond motifs is 2. The summed E-state index contributed by atoms with van der Waals surface area (Å²) in [5.74, 6) is 0. The number of amides is 1. The molecule has 2 unspecified atom stereocenters. The van der Waals surface area contributed by atoms with E-state index in [-0.39, 0.29) is 24.8 Å². The number of hydrogen-bond donors (Lipinski definition) is 0. The number of benzene rings is 2. The Bertz CT molecular complexity index is 937. The van der Waals surface area contributed by atoms with E-state index in [0.717, 1.165) is 35.6 Å². The topological polar surface area (TPSA) is 29.5 Å². The minimum absolute atomic E-state index is 0.0185. The van der Waals surface area contributed by atoms with E-state index in [1.54, 1.807) is 17.9 Å². The Labute approximate surface area is 167 Å². The number of ether oxygens (including phenoxy) is 1. The Morgan fingerprint density at radius 1 is 1.14 bits per heavy atom. The third-order valence-electron chi connectivity index (χ3n) is 5.71. The molecule has 4 rings (SSSR count). The molecule has 2 aliphatic rings. The first-order valence-corrected chi connectivity index (χ1v) is 9.71. The van der Waals surface area contributed by atoms with Crippen molar-refractivity contribution in [1.82, 2.24) is 4.90 Å². The van der Waals surface area contributed by atoms with Gasteiger partial charge in [-0.3, -0.25) is 4.90 Å². The molecule has 2 heterocycles. The molecule has 3 nitrogen and oxygen atoms in total. The van der Waals surface area contributed by atoms with Crippen LogP contribution in [0.2, 0.25) is 0 Å². The fourth-order valence-electron chi connectivity index (χ4n) is 4.31. The molecule has 2 aromatic carbocycles. The number of aryl methyl sites for hydroxylation is 1. The minimum atomic E-state index is -4.34. The molecule has 2 bridgehead atoms. The van der Waals surface area contributed by atoms with Gasteiger partial charge in [0.05, 0.1) is 11.6 Å². The summed E-state index contributed by atoms with van der Waals surface area (Å²) in [6.07, 6.45) is -0.325. The summed E-state index contributed by atoms with van der Waals surface area (Å²) in [6, 6.07) is 13.3. The van der Waals surface area contributed by atoms with Gasteiger partial charge in [0.2, 0.25) is 0 Å². The number of carbonyl (C=O) groups excluding carboxylic acids is 1. The summed E-state index contributed by atoms with van der Waals surface area (Å²) in [5.41, 5.74) is 2.74. The van der Waals surface area contributed by atoms with Gasteiger partial charge in [-0.15, -0.1) is 0 Å². The van der Waals surface area contributed by atoms with Crippen LogP contribution in [0.15, 0.2) is 54.6 Å². The molecule has 152 valence electrons. The van der Waals surface area contributed by atoms with Gasteiger partial charge >= 0.3 is 12.3 Å². The SMILES string of the molecule is Cc1cc(C(F)(F)F)ccc1C1=CC2CCC(C1)N2C(=O)OCc1ccccc1. The van der Waals surface area contributed by atoms with Gasteiger partial charge in [-0.1, -0.05) is 42.5 Å². The number of halogens is 3. The second-order valence-corrected chi connectivity index (χ2v) is 7.67. The van der Waals surface area contributed by atoms with Gasteiger partial charge in [0.1, 0.15) is 6.61 Å². The molecule has 0 aromatic heterocycles.